The Balaban J connectivity index is 1.32. The fourth-order valence-electron chi connectivity index (χ4n) is 3.39. The molecule has 0 aliphatic carbocycles. The summed E-state index contributed by atoms with van der Waals surface area (Å²) in [5, 5.41) is 13.5. The summed E-state index contributed by atoms with van der Waals surface area (Å²) < 4.78 is 2.07. The van der Waals surface area contributed by atoms with E-state index in [1.165, 1.54) is 17.7 Å². The summed E-state index contributed by atoms with van der Waals surface area (Å²) in [6, 6.07) is 4.39. The van der Waals surface area contributed by atoms with Crippen LogP contribution in [0.25, 0.3) is 0 Å². The topological polar surface area (TPSA) is 57.5 Å². The minimum atomic E-state index is 0.881. The highest BCUT2D eigenvalue weighted by Gasteiger charge is 2.16. The Morgan fingerprint density at radius 3 is 2.88 bits per heavy atom. The van der Waals surface area contributed by atoms with Crippen molar-refractivity contribution in [3.63, 3.8) is 0 Å². The number of nitrogens with one attached hydrogen (secondary N) is 2. The fourth-order valence-corrected chi connectivity index (χ4v) is 4.28. The Morgan fingerprint density at radius 2 is 2.12 bits per heavy atom. The van der Waals surface area contributed by atoms with E-state index in [0.29, 0.717) is 0 Å². The van der Waals surface area contributed by atoms with Gasteiger partial charge < -0.3 is 10.6 Å². The SMILES string of the molecule is CN=C(NCCCn1nc(C)cc1C)NCCN1CCc2sccc2C1. The molecule has 0 spiro atoms. The standard InChI is InChI=1S/C19H30N6S/c1-15-13-16(2)25(23-15)9-4-7-21-19(20-3)22-8-11-24-10-5-18-17(14-24)6-12-26-18/h6,12-13H,4-5,7-11,14H2,1-3H3,(H2,20,21,22). The van der Waals surface area contributed by atoms with E-state index in [1.807, 2.05) is 25.3 Å². The van der Waals surface area contributed by atoms with Crippen LogP contribution in [0.3, 0.4) is 0 Å². The smallest absolute Gasteiger partial charge is 0.191 e. The van der Waals surface area contributed by atoms with Crippen LogP contribution in [0.2, 0.25) is 0 Å². The van der Waals surface area contributed by atoms with Gasteiger partial charge in [0.1, 0.15) is 0 Å². The number of aryl methyl sites for hydroxylation is 3. The zero-order valence-electron chi connectivity index (χ0n) is 16.1. The normalized spacial score (nSPS) is 15.1. The van der Waals surface area contributed by atoms with Crippen LogP contribution in [0.1, 0.15) is 28.2 Å². The van der Waals surface area contributed by atoms with Crippen LogP contribution < -0.4 is 10.6 Å². The first kappa shape index (κ1) is 18.9. The van der Waals surface area contributed by atoms with Crippen molar-refractivity contribution in [1.29, 1.82) is 0 Å². The lowest BCUT2D eigenvalue weighted by molar-refractivity contribution is 0.260. The molecule has 1 aliphatic rings. The van der Waals surface area contributed by atoms with Gasteiger partial charge in [0.25, 0.3) is 0 Å². The first-order chi connectivity index (χ1) is 12.7. The molecule has 0 saturated heterocycles. The molecule has 0 aromatic carbocycles. The van der Waals surface area contributed by atoms with Gasteiger partial charge in [-0.2, -0.15) is 5.10 Å². The van der Waals surface area contributed by atoms with E-state index in [0.717, 1.165) is 57.3 Å². The van der Waals surface area contributed by atoms with Crippen molar-refractivity contribution in [2.45, 2.75) is 39.8 Å². The largest absolute Gasteiger partial charge is 0.356 e. The summed E-state index contributed by atoms with van der Waals surface area (Å²) in [4.78, 5) is 8.40. The Bertz CT molecular complexity index is 732. The molecule has 3 heterocycles. The summed E-state index contributed by atoms with van der Waals surface area (Å²) in [6.07, 6.45) is 2.21. The third-order valence-corrected chi connectivity index (χ3v) is 5.80. The van der Waals surface area contributed by atoms with E-state index < -0.39 is 0 Å². The summed E-state index contributed by atoms with van der Waals surface area (Å²) >= 11 is 1.89. The number of thiophene rings is 1. The van der Waals surface area contributed by atoms with Gasteiger partial charge in [0.15, 0.2) is 5.96 Å². The fraction of sp³-hybridized carbons (Fsp3) is 0.579. The van der Waals surface area contributed by atoms with Gasteiger partial charge in [-0.15, -0.1) is 11.3 Å². The van der Waals surface area contributed by atoms with E-state index in [4.69, 9.17) is 0 Å². The van der Waals surface area contributed by atoms with Gasteiger partial charge in [0.05, 0.1) is 5.69 Å². The molecule has 142 valence electrons. The molecular formula is C19H30N6S. The lowest BCUT2D eigenvalue weighted by Gasteiger charge is -2.27. The maximum atomic E-state index is 4.50. The highest BCUT2D eigenvalue weighted by molar-refractivity contribution is 7.10. The van der Waals surface area contributed by atoms with E-state index >= 15 is 0 Å². The summed E-state index contributed by atoms with van der Waals surface area (Å²) in [6.45, 7) is 10.2. The average Bonchev–Trinajstić information content (AvgIpc) is 3.22. The Hall–Kier alpha value is -1.86. The molecular weight excluding hydrogens is 344 g/mol. The van der Waals surface area contributed by atoms with Crippen molar-refractivity contribution in [3.8, 4) is 0 Å². The minimum absolute atomic E-state index is 0.881. The van der Waals surface area contributed by atoms with Crippen molar-refractivity contribution in [3.05, 3.63) is 39.3 Å². The third-order valence-electron chi connectivity index (χ3n) is 4.77. The lowest BCUT2D eigenvalue weighted by atomic mass is 10.1. The number of guanidine groups is 1. The second-order valence-electron chi connectivity index (χ2n) is 6.82. The summed E-state index contributed by atoms with van der Waals surface area (Å²) in [5.41, 5.74) is 3.81. The molecule has 2 N–H and O–H groups in total. The number of rotatable bonds is 7. The van der Waals surface area contributed by atoms with Crippen LogP contribution in [0, 0.1) is 13.8 Å². The molecule has 0 amide bonds. The minimum Gasteiger partial charge on any atom is -0.356 e. The van der Waals surface area contributed by atoms with Crippen LogP contribution in [0.5, 0.6) is 0 Å². The van der Waals surface area contributed by atoms with Crippen molar-refractivity contribution < 1.29 is 0 Å². The second-order valence-corrected chi connectivity index (χ2v) is 7.83. The monoisotopic (exact) mass is 374 g/mol. The maximum Gasteiger partial charge on any atom is 0.191 e. The van der Waals surface area contributed by atoms with Crippen LogP contribution >= 0.6 is 11.3 Å². The Labute approximate surface area is 160 Å². The van der Waals surface area contributed by atoms with Gasteiger partial charge in [0.2, 0.25) is 0 Å². The number of aliphatic imine (C=N–C) groups is 1. The summed E-state index contributed by atoms with van der Waals surface area (Å²) in [5.74, 6) is 0.881. The lowest BCUT2D eigenvalue weighted by Crippen LogP contribution is -2.42. The molecule has 0 atom stereocenters. The summed E-state index contributed by atoms with van der Waals surface area (Å²) in [7, 11) is 1.83. The molecule has 7 heteroatoms. The highest BCUT2D eigenvalue weighted by Crippen LogP contribution is 2.23. The van der Waals surface area contributed by atoms with Crippen molar-refractivity contribution in [2.24, 2.45) is 4.99 Å². The molecule has 1 aliphatic heterocycles. The number of hydrogen-bond donors (Lipinski definition) is 2. The molecule has 0 saturated carbocycles. The molecule has 2 aromatic rings. The molecule has 0 unspecified atom stereocenters. The number of fused-ring (bicyclic) bond motifs is 1. The number of aromatic nitrogens is 2. The van der Waals surface area contributed by atoms with E-state index in [1.54, 1.807) is 4.88 Å². The number of nitrogens with zero attached hydrogens (tertiary/aromatic N) is 4. The second kappa shape index (κ2) is 9.19. The van der Waals surface area contributed by atoms with Crippen LogP contribution in [-0.4, -0.2) is 53.9 Å². The van der Waals surface area contributed by atoms with E-state index in [9.17, 15) is 0 Å². The van der Waals surface area contributed by atoms with Gasteiger partial charge in [-0.05, 0) is 49.8 Å². The van der Waals surface area contributed by atoms with Gasteiger partial charge in [-0.1, -0.05) is 0 Å². The van der Waals surface area contributed by atoms with Gasteiger partial charge in [-0.25, -0.2) is 0 Å². The average molecular weight is 375 g/mol. The number of hydrogen-bond acceptors (Lipinski definition) is 4. The Morgan fingerprint density at radius 1 is 1.27 bits per heavy atom. The molecule has 2 aromatic heterocycles. The molecule has 0 bridgehead atoms. The first-order valence-electron chi connectivity index (χ1n) is 9.39. The van der Waals surface area contributed by atoms with Crippen LogP contribution in [0.15, 0.2) is 22.5 Å². The molecule has 3 rings (SSSR count). The highest BCUT2D eigenvalue weighted by atomic mass is 32.1. The van der Waals surface area contributed by atoms with Crippen molar-refractivity contribution in [2.75, 3.05) is 33.2 Å². The van der Waals surface area contributed by atoms with Gasteiger partial charge in [0, 0.05) is 56.9 Å². The zero-order valence-corrected chi connectivity index (χ0v) is 16.9. The molecule has 26 heavy (non-hydrogen) atoms. The maximum absolute atomic E-state index is 4.50. The molecule has 0 radical (unpaired) electrons. The third kappa shape index (κ3) is 5.08. The predicted octanol–water partition coefficient (Wildman–Crippen LogP) is 2.17. The molecule has 0 fully saturated rings. The first-order valence-corrected chi connectivity index (χ1v) is 10.3. The van der Waals surface area contributed by atoms with Gasteiger partial charge >= 0.3 is 0 Å². The molecule has 6 nitrogen and oxygen atoms in total. The van der Waals surface area contributed by atoms with Crippen LogP contribution in [0.4, 0.5) is 0 Å². The quantitative estimate of drug-likeness (QED) is 0.443. The predicted molar refractivity (Wildman–Crippen MR) is 109 cm³/mol. The van der Waals surface area contributed by atoms with E-state index in [2.05, 4.69) is 54.7 Å². The zero-order chi connectivity index (χ0) is 18.4. The van der Waals surface area contributed by atoms with Crippen molar-refractivity contribution in [1.82, 2.24) is 25.3 Å². The van der Waals surface area contributed by atoms with Crippen molar-refractivity contribution >= 4 is 17.3 Å². The van der Waals surface area contributed by atoms with Crippen LogP contribution in [-0.2, 0) is 19.5 Å². The van der Waals surface area contributed by atoms with E-state index in [-0.39, 0.29) is 0 Å². The Kier molecular flexibility index (Phi) is 6.68. The van der Waals surface area contributed by atoms with Gasteiger partial charge in [-0.3, -0.25) is 14.6 Å².